The molecule has 170 valence electrons. The van der Waals surface area contributed by atoms with Crippen LogP contribution in [0.5, 0.6) is 0 Å². The summed E-state index contributed by atoms with van der Waals surface area (Å²) in [5.74, 6) is -0.544. The predicted octanol–water partition coefficient (Wildman–Crippen LogP) is 5.19. The van der Waals surface area contributed by atoms with Gasteiger partial charge in [0.15, 0.2) is 0 Å². The number of rotatable bonds is 6. The molecule has 0 bridgehead atoms. The molecule has 2 N–H and O–H groups in total. The van der Waals surface area contributed by atoms with Gasteiger partial charge in [-0.2, -0.15) is 5.10 Å². The molecule has 2 aliphatic heterocycles. The van der Waals surface area contributed by atoms with E-state index in [0.29, 0.717) is 27.9 Å². The van der Waals surface area contributed by atoms with Crippen molar-refractivity contribution in [3.05, 3.63) is 62.5 Å². The van der Waals surface area contributed by atoms with Crippen LogP contribution in [-0.2, 0) is 4.79 Å². The lowest BCUT2D eigenvalue weighted by atomic mass is 9.87. The summed E-state index contributed by atoms with van der Waals surface area (Å²) in [5, 5.41) is 19.3. The fraction of sp³-hybridized carbons (Fsp3) is 0.391. The van der Waals surface area contributed by atoms with Crippen LogP contribution in [0.4, 0.5) is 5.69 Å². The highest BCUT2D eigenvalue weighted by atomic mass is 79.9. The number of piperidine rings is 1. The molecule has 2 unspecified atom stereocenters. The zero-order valence-electron chi connectivity index (χ0n) is 17.5. The average molecular weight is 540 g/mol. The van der Waals surface area contributed by atoms with Crippen molar-refractivity contribution in [1.82, 2.24) is 10.4 Å². The molecule has 9 heteroatoms. The van der Waals surface area contributed by atoms with Crippen molar-refractivity contribution in [3.63, 3.8) is 0 Å². The number of hydrogen-bond donors (Lipinski definition) is 2. The Morgan fingerprint density at radius 1 is 1.12 bits per heavy atom. The largest absolute Gasteiger partial charge is 0.396 e. The van der Waals surface area contributed by atoms with E-state index in [-0.39, 0.29) is 24.5 Å². The second-order valence-electron chi connectivity index (χ2n) is 8.03. The van der Waals surface area contributed by atoms with Crippen molar-refractivity contribution >= 4 is 56.4 Å². The molecule has 1 amide bonds. The van der Waals surface area contributed by atoms with Gasteiger partial charge in [0.1, 0.15) is 5.71 Å². The first-order chi connectivity index (χ1) is 15.5. The maximum Gasteiger partial charge on any atom is 0.282 e. The lowest BCUT2D eigenvalue weighted by molar-refractivity contribution is -0.120. The number of halogens is 3. The number of benzene rings is 2. The molecule has 2 aromatic rings. The summed E-state index contributed by atoms with van der Waals surface area (Å²) in [6, 6.07) is 12.8. The van der Waals surface area contributed by atoms with E-state index >= 15 is 0 Å². The van der Waals surface area contributed by atoms with Gasteiger partial charge in [-0.25, -0.2) is 5.01 Å². The summed E-state index contributed by atoms with van der Waals surface area (Å²) >= 11 is 16.1. The highest BCUT2D eigenvalue weighted by Crippen LogP contribution is 2.43. The maximum atomic E-state index is 13.3. The Labute approximate surface area is 206 Å². The van der Waals surface area contributed by atoms with Gasteiger partial charge in [0.2, 0.25) is 0 Å². The Balaban J connectivity index is 1.73. The molecule has 4 rings (SSSR count). The summed E-state index contributed by atoms with van der Waals surface area (Å²) < 4.78 is 0.956. The van der Waals surface area contributed by atoms with Gasteiger partial charge in [-0.05, 0) is 55.2 Å². The molecule has 2 aromatic carbocycles. The number of hydrazine groups is 1. The van der Waals surface area contributed by atoms with Crippen LogP contribution in [0.2, 0.25) is 10.0 Å². The minimum atomic E-state index is -0.308. The minimum Gasteiger partial charge on any atom is -0.396 e. The van der Waals surface area contributed by atoms with E-state index < -0.39 is 0 Å². The fourth-order valence-corrected chi connectivity index (χ4v) is 5.09. The average Bonchev–Trinajstić information content (AvgIpc) is 3.14. The van der Waals surface area contributed by atoms with Crippen molar-refractivity contribution in [3.8, 4) is 0 Å². The second-order valence-corrected chi connectivity index (χ2v) is 9.79. The standard InChI is InChI=1S/C23H25BrCl2N4O2/c24-16-6-4-15(5-7-16)22-18(10-13-31)21(23(32)28-29-11-2-1-3-12-29)27-30(22)20-9-8-17(25)14-19(20)26/h4-9,14,18,22,31H,1-3,10-13H2,(H,28,32). The Morgan fingerprint density at radius 2 is 1.84 bits per heavy atom. The third kappa shape index (κ3) is 5.13. The monoisotopic (exact) mass is 538 g/mol. The Morgan fingerprint density at radius 3 is 2.50 bits per heavy atom. The molecule has 2 aliphatic rings. The zero-order valence-corrected chi connectivity index (χ0v) is 20.6. The second kappa shape index (κ2) is 10.5. The number of aliphatic hydroxyl groups excluding tert-OH is 1. The van der Waals surface area contributed by atoms with Crippen LogP contribution >= 0.6 is 39.1 Å². The number of nitrogens with zero attached hydrogens (tertiary/aromatic N) is 3. The van der Waals surface area contributed by atoms with Crippen molar-refractivity contribution in [2.24, 2.45) is 11.0 Å². The van der Waals surface area contributed by atoms with E-state index in [0.717, 1.165) is 36.0 Å². The van der Waals surface area contributed by atoms with Gasteiger partial charge in [0, 0.05) is 35.1 Å². The summed E-state index contributed by atoms with van der Waals surface area (Å²) in [6.07, 6.45) is 3.69. The van der Waals surface area contributed by atoms with Gasteiger partial charge in [-0.1, -0.05) is 57.7 Å². The topological polar surface area (TPSA) is 68.2 Å². The highest BCUT2D eigenvalue weighted by molar-refractivity contribution is 9.10. The van der Waals surface area contributed by atoms with Crippen LogP contribution in [0, 0.1) is 5.92 Å². The SMILES string of the molecule is O=C(NN1CCCCC1)C1=NN(c2ccc(Cl)cc2Cl)C(c2ccc(Br)cc2)C1CCO. The molecule has 0 aliphatic carbocycles. The third-order valence-corrected chi connectivity index (χ3v) is 6.93. The number of anilines is 1. The first kappa shape index (κ1) is 23.5. The first-order valence-electron chi connectivity index (χ1n) is 10.7. The molecule has 1 saturated heterocycles. The van der Waals surface area contributed by atoms with Gasteiger partial charge in [-0.3, -0.25) is 15.2 Å². The van der Waals surface area contributed by atoms with Gasteiger partial charge in [0.05, 0.1) is 16.8 Å². The molecule has 2 atom stereocenters. The highest BCUT2D eigenvalue weighted by Gasteiger charge is 2.42. The van der Waals surface area contributed by atoms with Crippen LogP contribution in [0.3, 0.4) is 0 Å². The van der Waals surface area contributed by atoms with Gasteiger partial charge in [-0.15, -0.1) is 0 Å². The molecule has 0 radical (unpaired) electrons. The van der Waals surface area contributed by atoms with Crippen LogP contribution in [0.15, 0.2) is 52.0 Å². The van der Waals surface area contributed by atoms with Crippen molar-refractivity contribution < 1.29 is 9.90 Å². The number of amides is 1. The zero-order chi connectivity index (χ0) is 22.7. The van der Waals surface area contributed by atoms with Gasteiger partial charge in [0.25, 0.3) is 5.91 Å². The molecular weight excluding hydrogens is 515 g/mol. The van der Waals surface area contributed by atoms with Crippen molar-refractivity contribution in [1.29, 1.82) is 0 Å². The van der Waals surface area contributed by atoms with Crippen molar-refractivity contribution in [2.45, 2.75) is 31.7 Å². The van der Waals surface area contributed by atoms with Crippen LogP contribution in [0.1, 0.15) is 37.3 Å². The van der Waals surface area contributed by atoms with E-state index in [1.807, 2.05) is 35.3 Å². The predicted molar refractivity (Wildman–Crippen MR) is 132 cm³/mol. The van der Waals surface area contributed by atoms with Crippen LogP contribution < -0.4 is 10.4 Å². The molecule has 0 spiro atoms. The van der Waals surface area contributed by atoms with Crippen molar-refractivity contribution in [2.75, 3.05) is 24.7 Å². The molecule has 0 saturated carbocycles. The summed E-state index contributed by atoms with van der Waals surface area (Å²) in [4.78, 5) is 13.3. The molecule has 0 aromatic heterocycles. The molecule has 1 fully saturated rings. The summed E-state index contributed by atoms with van der Waals surface area (Å²) in [5.41, 5.74) is 5.05. The lowest BCUT2D eigenvalue weighted by Crippen LogP contribution is -2.48. The Bertz CT molecular complexity index is 996. The number of carbonyl (C=O) groups is 1. The fourth-order valence-electron chi connectivity index (χ4n) is 4.33. The maximum absolute atomic E-state index is 13.3. The van der Waals surface area contributed by atoms with Gasteiger partial charge >= 0.3 is 0 Å². The lowest BCUT2D eigenvalue weighted by Gasteiger charge is -2.29. The quantitative estimate of drug-likeness (QED) is 0.530. The summed E-state index contributed by atoms with van der Waals surface area (Å²) in [7, 11) is 0. The van der Waals surface area contributed by atoms with Crippen LogP contribution in [-0.4, -0.2) is 41.4 Å². The number of aliphatic hydroxyl groups is 1. The first-order valence-corrected chi connectivity index (χ1v) is 12.3. The van der Waals surface area contributed by atoms with E-state index in [2.05, 4.69) is 21.4 Å². The Hall–Kier alpha value is -1.64. The van der Waals surface area contributed by atoms with E-state index in [1.54, 1.807) is 17.1 Å². The number of nitrogens with one attached hydrogen (secondary N) is 1. The number of hydrazone groups is 1. The normalized spacial score (nSPS) is 21.5. The summed E-state index contributed by atoms with van der Waals surface area (Å²) in [6.45, 7) is 1.59. The molecular formula is C23H25BrCl2N4O2. The van der Waals surface area contributed by atoms with Crippen LogP contribution in [0.25, 0.3) is 0 Å². The van der Waals surface area contributed by atoms with E-state index in [1.165, 1.54) is 6.42 Å². The van der Waals surface area contributed by atoms with E-state index in [9.17, 15) is 9.90 Å². The molecule has 6 nitrogen and oxygen atoms in total. The number of hydrogen-bond acceptors (Lipinski definition) is 5. The molecule has 32 heavy (non-hydrogen) atoms. The van der Waals surface area contributed by atoms with Gasteiger partial charge < -0.3 is 5.11 Å². The minimum absolute atomic E-state index is 0.0596. The molecule has 2 heterocycles. The smallest absolute Gasteiger partial charge is 0.282 e. The Kier molecular flexibility index (Phi) is 7.74. The number of carbonyl (C=O) groups excluding carboxylic acids is 1. The van der Waals surface area contributed by atoms with E-state index in [4.69, 9.17) is 28.3 Å². The third-order valence-electron chi connectivity index (χ3n) is 5.87.